The summed E-state index contributed by atoms with van der Waals surface area (Å²) in [7, 11) is 4.43. The van der Waals surface area contributed by atoms with Crippen molar-refractivity contribution in [2.45, 2.75) is 26.3 Å². The van der Waals surface area contributed by atoms with Gasteiger partial charge in [-0.1, -0.05) is 29.8 Å². The number of carbonyl (C=O) groups is 2. The SMILES string of the molecule is CCN(CC)CCCN1C(=O)C(=O)C(=C(O)c2cc(Br)ccc2O)[C@H]1c1cc(OC)c(OC)c(OC)c1. The first-order chi connectivity index (χ1) is 17.7. The lowest BCUT2D eigenvalue weighted by Gasteiger charge is -2.27. The van der Waals surface area contributed by atoms with Gasteiger partial charge < -0.3 is 34.2 Å². The minimum atomic E-state index is -0.941. The van der Waals surface area contributed by atoms with Crippen LogP contribution in [0.5, 0.6) is 23.0 Å². The van der Waals surface area contributed by atoms with Crippen LogP contribution in [-0.4, -0.2) is 79.2 Å². The smallest absolute Gasteiger partial charge is 0.295 e. The van der Waals surface area contributed by atoms with Gasteiger partial charge in [-0.15, -0.1) is 0 Å². The van der Waals surface area contributed by atoms with E-state index in [9.17, 15) is 19.8 Å². The van der Waals surface area contributed by atoms with E-state index in [2.05, 4.69) is 34.7 Å². The number of aliphatic hydroxyl groups is 1. The normalized spacial score (nSPS) is 16.9. The van der Waals surface area contributed by atoms with E-state index >= 15 is 0 Å². The Morgan fingerprint density at radius 2 is 1.65 bits per heavy atom. The molecule has 10 heteroatoms. The van der Waals surface area contributed by atoms with Crippen molar-refractivity contribution in [1.82, 2.24) is 9.80 Å². The Morgan fingerprint density at radius 1 is 1.03 bits per heavy atom. The van der Waals surface area contributed by atoms with Gasteiger partial charge in [-0.05, 0) is 62.0 Å². The number of carbonyl (C=O) groups excluding carboxylic acids is 2. The lowest BCUT2D eigenvalue weighted by Crippen LogP contribution is -2.33. The van der Waals surface area contributed by atoms with Crippen molar-refractivity contribution in [3.63, 3.8) is 0 Å². The van der Waals surface area contributed by atoms with Crippen LogP contribution >= 0.6 is 15.9 Å². The van der Waals surface area contributed by atoms with Gasteiger partial charge in [0.1, 0.15) is 11.5 Å². The van der Waals surface area contributed by atoms with E-state index in [4.69, 9.17) is 14.2 Å². The summed E-state index contributed by atoms with van der Waals surface area (Å²) in [6, 6.07) is 6.86. The van der Waals surface area contributed by atoms with Crippen LogP contribution < -0.4 is 14.2 Å². The number of ketones is 1. The molecule has 1 atom stereocenters. The first kappa shape index (κ1) is 28.3. The second kappa shape index (κ2) is 12.3. The monoisotopic (exact) mass is 576 g/mol. The molecule has 0 aliphatic carbocycles. The van der Waals surface area contributed by atoms with Gasteiger partial charge in [0.25, 0.3) is 11.7 Å². The maximum Gasteiger partial charge on any atom is 0.295 e. The Bertz CT molecular complexity index is 1170. The van der Waals surface area contributed by atoms with Crippen molar-refractivity contribution in [1.29, 1.82) is 0 Å². The number of methoxy groups -OCH3 is 3. The van der Waals surface area contributed by atoms with Crippen LogP contribution in [0.25, 0.3) is 5.76 Å². The van der Waals surface area contributed by atoms with Gasteiger partial charge in [-0.25, -0.2) is 0 Å². The zero-order valence-electron chi connectivity index (χ0n) is 21.7. The molecule has 0 aromatic heterocycles. The predicted octanol–water partition coefficient (Wildman–Crippen LogP) is 4.33. The van der Waals surface area contributed by atoms with Crippen LogP contribution in [0.2, 0.25) is 0 Å². The number of nitrogens with zero attached hydrogens (tertiary/aromatic N) is 2. The highest BCUT2D eigenvalue weighted by Crippen LogP contribution is 2.46. The number of amides is 1. The molecule has 2 N–H and O–H groups in total. The standard InChI is InChI=1S/C27H33BrN2O7/c1-6-29(7-2)11-8-12-30-23(16-13-20(35-3)26(37-5)21(14-16)36-4)22(25(33)27(30)34)24(32)18-15-17(28)9-10-19(18)31/h9-10,13-15,23,31-32H,6-8,11-12H2,1-5H3/t23-/m1/s1. The van der Waals surface area contributed by atoms with E-state index in [1.165, 1.54) is 38.4 Å². The lowest BCUT2D eigenvalue weighted by molar-refractivity contribution is -0.140. The Hall–Kier alpha value is -3.24. The molecule has 1 fully saturated rings. The van der Waals surface area contributed by atoms with Gasteiger partial charge in [0.05, 0.1) is 38.5 Å². The highest BCUT2D eigenvalue weighted by molar-refractivity contribution is 9.10. The summed E-state index contributed by atoms with van der Waals surface area (Å²) in [6.45, 7) is 6.89. The number of aromatic hydroxyl groups is 1. The highest BCUT2D eigenvalue weighted by Gasteiger charge is 2.46. The minimum absolute atomic E-state index is 0.0351. The van der Waals surface area contributed by atoms with E-state index in [1.54, 1.807) is 18.2 Å². The molecular formula is C27H33BrN2O7. The molecule has 9 nitrogen and oxygen atoms in total. The Morgan fingerprint density at radius 3 is 2.19 bits per heavy atom. The third kappa shape index (κ3) is 5.70. The molecule has 0 unspecified atom stereocenters. The maximum atomic E-state index is 13.4. The fraction of sp³-hybridized carbons (Fsp3) is 0.407. The molecule has 1 aliphatic heterocycles. The van der Waals surface area contributed by atoms with Crippen molar-refractivity contribution < 1.29 is 34.0 Å². The average Bonchev–Trinajstić information content (AvgIpc) is 3.16. The molecule has 1 saturated heterocycles. The van der Waals surface area contributed by atoms with Crippen molar-refractivity contribution in [2.24, 2.45) is 0 Å². The summed E-state index contributed by atoms with van der Waals surface area (Å²) in [5.41, 5.74) is 0.399. The van der Waals surface area contributed by atoms with Crippen molar-refractivity contribution in [3.8, 4) is 23.0 Å². The first-order valence-electron chi connectivity index (χ1n) is 12.0. The molecule has 2 aromatic rings. The molecule has 37 heavy (non-hydrogen) atoms. The van der Waals surface area contributed by atoms with Crippen molar-refractivity contribution in [3.05, 3.63) is 51.5 Å². The Kier molecular flexibility index (Phi) is 9.45. The zero-order valence-corrected chi connectivity index (χ0v) is 23.3. The third-order valence-corrected chi connectivity index (χ3v) is 7.02. The van der Waals surface area contributed by atoms with Gasteiger partial charge in [0, 0.05) is 11.0 Å². The van der Waals surface area contributed by atoms with Gasteiger partial charge in [0.15, 0.2) is 11.5 Å². The molecule has 1 amide bonds. The fourth-order valence-electron chi connectivity index (χ4n) is 4.56. The molecule has 2 aromatic carbocycles. The molecule has 0 bridgehead atoms. The van der Waals surface area contributed by atoms with Crippen LogP contribution in [0.15, 0.2) is 40.4 Å². The summed E-state index contributed by atoms with van der Waals surface area (Å²) in [6.07, 6.45) is 0.623. The summed E-state index contributed by atoms with van der Waals surface area (Å²) in [5.74, 6) is -1.21. The lowest BCUT2D eigenvalue weighted by atomic mass is 9.94. The Balaban J connectivity index is 2.21. The average molecular weight is 577 g/mol. The third-order valence-electron chi connectivity index (χ3n) is 6.52. The quantitative estimate of drug-likeness (QED) is 0.231. The molecule has 0 spiro atoms. The zero-order chi connectivity index (χ0) is 27.3. The minimum Gasteiger partial charge on any atom is -0.507 e. The number of hydrogen-bond donors (Lipinski definition) is 2. The number of benzene rings is 2. The molecule has 1 heterocycles. The van der Waals surface area contributed by atoms with Gasteiger partial charge >= 0.3 is 0 Å². The summed E-state index contributed by atoms with van der Waals surface area (Å²) >= 11 is 3.33. The number of rotatable bonds is 11. The maximum absolute atomic E-state index is 13.4. The van der Waals surface area contributed by atoms with E-state index in [0.29, 0.717) is 33.7 Å². The molecule has 0 radical (unpaired) electrons. The van der Waals surface area contributed by atoms with Gasteiger partial charge in [-0.2, -0.15) is 0 Å². The second-order valence-electron chi connectivity index (χ2n) is 8.49. The van der Waals surface area contributed by atoms with E-state index < -0.39 is 23.5 Å². The van der Waals surface area contributed by atoms with E-state index in [0.717, 1.165) is 19.6 Å². The summed E-state index contributed by atoms with van der Waals surface area (Å²) in [5, 5.41) is 21.8. The number of hydrogen-bond acceptors (Lipinski definition) is 8. The number of likely N-dealkylation sites (tertiary alicyclic amines) is 1. The van der Waals surface area contributed by atoms with Crippen molar-refractivity contribution >= 4 is 33.4 Å². The number of Topliss-reactive ketones (excluding diaryl/α,β-unsaturated/α-hetero) is 1. The first-order valence-corrected chi connectivity index (χ1v) is 12.8. The molecule has 200 valence electrons. The van der Waals surface area contributed by atoms with Crippen LogP contribution in [-0.2, 0) is 9.59 Å². The molecule has 1 aliphatic rings. The number of phenolic OH excluding ortho intramolecular Hbond substituents is 1. The second-order valence-corrected chi connectivity index (χ2v) is 9.41. The van der Waals surface area contributed by atoms with Crippen LogP contribution in [0, 0.1) is 0 Å². The topological polar surface area (TPSA) is 109 Å². The fourth-order valence-corrected chi connectivity index (χ4v) is 4.93. The largest absolute Gasteiger partial charge is 0.507 e. The molecule has 0 saturated carbocycles. The van der Waals surface area contributed by atoms with Crippen LogP contribution in [0.1, 0.15) is 37.4 Å². The Labute approximate surface area is 225 Å². The van der Waals surface area contributed by atoms with Gasteiger partial charge in [0.2, 0.25) is 5.75 Å². The summed E-state index contributed by atoms with van der Waals surface area (Å²) in [4.78, 5) is 30.3. The van der Waals surface area contributed by atoms with E-state index in [1.807, 2.05) is 0 Å². The number of ether oxygens (including phenoxy) is 3. The summed E-state index contributed by atoms with van der Waals surface area (Å²) < 4.78 is 17.0. The van der Waals surface area contributed by atoms with Crippen LogP contribution in [0.3, 0.4) is 0 Å². The predicted molar refractivity (Wildman–Crippen MR) is 143 cm³/mol. The molecule has 3 rings (SSSR count). The van der Waals surface area contributed by atoms with Crippen LogP contribution in [0.4, 0.5) is 0 Å². The van der Waals surface area contributed by atoms with Crippen molar-refractivity contribution in [2.75, 3.05) is 47.5 Å². The van der Waals surface area contributed by atoms with Gasteiger partial charge in [-0.3, -0.25) is 9.59 Å². The highest BCUT2D eigenvalue weighted by atomic mass is 79.9. The number of aliphatic hydroxyl groups excluding tert-OH is 1. The molecular weight excluding hydrogens is 544 g/mol. The number of halogens is 1. The van der Waals surface area contributed by atoms with E-state index in [-0.39, 0.29) is 23.4 Å². The number of phenols is 1.